The second kappa shape index (κ2) is 9.91. The van der Waals surface area contributed by atoms with Gasteiger partial charge in [-0.15, -0.1) is 0 Å². The van der Waals surface area contributed by atoms with Gasteiger partial charge < -0.3 is 19.7 Å². The summed E-state index contributed by atoms with van der Waals surface area (Å²) in [6, 6.07) is 8.00. The van der Waals surface area contributed by atoms with Crippen molar-refractivity contribution in [1.82, 2.24) is 10.2 Å². The van der Waals surface area contributed by atoms with Crippen LogP contribution in [-0.4, -0.2) is 56.7 Å². The topological polar surface area (TPSA) is 63.2 Å². The maximum absolute atomic E-state index is 12.0. The summed E-state index contributed by atoms with van der Waals surface area (Å²) in [7, 11) is 1.76. The molecule has 1 heterocycles. The number of esters is 1. The molecule has 0 saturated carbocycles. The number of hydrogen-bond acceptors (Lipinski definition) is 4. The molecule has 1 aromatic carbocycles. The molecule has 0 aliphatic carbocycles. The lowest BCUT2D eigenvalue weighted by atomic mass is 9.98. The second-order valence-corrected chi connectivity index (χ2v) is 6.18. The number of aliphatic imine (C=N–C) groups is 1. The lowest BCUT2D eigenvalue weighted by Crippen LogP contribution is -2.49. The Morgan fingerprint density at radius 1 is 1.44 bits per heavy atom. The number of aryl methyl sites for hydroxylation is 1. The zero-order valence-corrected chi connectivity index (χ0v) is 15.5. The summed E-state index contributed by atoms with van der Waals surface area (Å²) in [6.45, 7) is 7.07. The van der Waals surface area contributed by atoms with Gasteiger partial charge in [-0.05, 0) is 44.4 Å². The SMILES string of the molecule is CCOC(=O)C1CCCN(C(=NC)NCCOc2cccc(C)c2)C1. The molecule has 6 heteroatoms. The molecule has 1 aliphatic heterocycles. The van der Waals surface area contributed by atoms with Gasteiger partial charge in [0.05, 0.1) is 19.1 Å². The minimum atomic E-state index is -0.106. The molecular weight excluding hydrogens is 318 g/mol. The normalized spacial score (nSPS) is 18.0. The fraction of sp³-hybridized carbons (Fsp3) is 0.579. The number of rotatable bonds is 6. The van der Waals surface area contributed by atoms with Crippen molar-refractivity contribution < 1.29 is 14.3 Å². The van der Waals surface area contributed by atoms with E-state index < -0.39 is 0 Å². The zero-order valence-electron chi connectivity index (χ0n) is 15.5. The molecule has 1 atom stereocenters. The number of likely N-dealkylation sites (tertiary alicyclic amines) is 1. The number of benzene rings is 1. The third kappa shape index (κ3) is 5.96. The molecule has 25 heavy (non-hydrogen) atoms. The van der Waals surface area contributed by atoms with Gasteiger partial charge in [0.1, 0.15) is 12.4 Å². The maximum atomic E-state index is 12.0. The van der Waals surface area contributed by atoms with E-state index in [4.69, 9.17) is 9.47 Å². The van der Waals surface area contributed by atoms with E-state index in [0.717, 1.165) is 31.1 Å². The van der Waals surface area contributed by atoms with E-state index in [1.54, 1.807) is 7.05 Å². The molecule has 0 amide bonds. The lowest BCUT2D eigenvalue weighted by Gasteiger charge is -2.33. The van der Waals surface area contributed by atoms with Crippen molar-refractivity contribution in [2.75, 3.05) is 39.9 Å². The van der Waals surface area contributed by atoms with Crippen LogP contribution in [0.2, 0.25) is 0 Å². The number of carbonyl (C=O) groups excluding carboxylic acids is 1. The third-order valence-corrected chi connectivity index (χ3v) is 4.20. The van der Waals surface area contributed by atoms with Crippen LogP contribution in [0.15, 0.2) is 29.3 Å². The highest BCUT2D eigenvalue weighted by molar-refractivity contribution is 5.81. The maximum Gasteiger partial charge on any atom is 0.310 e. The molecule has 1 aromatic rings. The highest BCUT2D eigenvalue weighted by Gasteiger charge is 2.28. The minimum absolute atomic E-state index is 0.0733. The summed E-state index contributed by atoms with van der Waals surface area (Å²) >= 11 is 0. The van der Waals surface area contributed by atoms with E-state index in [0.29, 0.717) is 26.3 Å². The molecule has 1 unspecified atom stereocenters. The standard InChI is InChI=1S/C19H29N3O3/c1-4-24-18(23)16-8-6-11-22(14-16)19(20-3)21-10-12-25-17-9-5-7-15(2)13-17/h5,7,9,13,16H,4,6,8,10-12,14H2,1-3H3,(H,20,21). The van der Waals surface area contributed by atoms with Gasteiger partial charge in [-0.2, -0.15) is 0 Å². The van der Waals surface area contributed by atoms with Crippen molar-refractivity contribution in [1.29, 1.82) is 0 Å². The number of carbonyl (C=O) groups is 1. The molecule has 1 aliphatic rings. The van der Waals surface area contributed by atoms with Gasteiger partial charge in [0, 0.05) is 20.1 Å². The van der Waals surface area contributed by atoms with Gasteiger partial charge in [-0.25, -0.2) is 0 Å². The highest BCUT2D eigenvalue weighted by Crippen LogP contribution is 2.18. The summed E-state index contributed by atoms with van der Waals surface area (Å²) in [5, 5.41) is 3.31. The summed E-state index contributed by atoms with van der Waals surface area (Å²) in [5.41, 5.74) is 1.18. The van der Waals surface area contributed by atoms with Crippen molar-refractivity contribution in [3.8, 4) is 5.75 Å². The zero-order chi connectivity index (χ0) is 18.1. The van der Waals surface area contributed by atoms with Gasteiger partial charge in [0.25, 0.3) is 0 Å². The van der Waals surface area contributed by atoms with Gasteiger partial charge in [0.15, 0.2) is 5.96 Å². The van der Waals surface area contributed by atoms with Crippen LogP contribution in [0, 0.1) is 12.8 Å². The third-order valence-electron chi connectivity index (χ3n) is 4.20. The molecule has 1 N–H and O–H groups in total. The molecule has 1 fully saturated rings. The van der Waals surface area contributed by atoms with Crippen LogP contribution in [0.5, 0.6) is 5.75 Å². The Kier molecular flexibility index (Phi) is 7.57. The minimum Gasteiger partial charge on any atom is -0.492 e. The van der Waals surface area contributed by atoms with E-state index in [1.165, 1.54) is 5.56 Å². The number of nitrogens with one attached hydrogen (secondary N) is 1. The Bertz CT molecular complexity index is 589. The fourth-order valence-corrected chi connectivity index (χ4v) is 2.99. The molecule has 6 nitrogen and oxygen atoms in total. The molecule has 0 bridgehead atoms. The van der Waals surface area contributed by atoms with Gasteiger partial charge in [-0.1, -0.05) is 12.1 Å². The van der Waals surface area contributed by atoms with Crippen LogP contribution < -0.4 is 10.1 Å². The fourth-order valence-electron chi connectivity index (χ4n) is 2.99. The van der Waals surface area contributed by atoms with Gasteiger partial charge in [0.2, 0.25) is 0 Å². The van der Waals surface area contributed by atoms with Crippen molar-refractivity contribution in [2.45, 2.75) is 26.7 Å². The molecule has 0 radical (unpaired) electrons. The average molecular weight is 347 g/mol. The Morgan fingerprint density at radius 3 is 3.00 bits per heavy atom. The molecule has 138 valence electrons. The van der Waals surface area contributed by atoms with Crippen LogP contribution >= 0.6 is 0 Å². The van der Waals surface area contributed by atoms with E-state index in [-0.39, 0.29) is 11.9 Å². The number of ether oxygens (including phenoxy) is 2. The van der Waals surface area contributed by atoms with E-state index in [9.17, 15) is 4.79 Å². The molecule has 1 saturated heterocycles. The second-order valence-electron chi connectivity index (χ2n) is 6.18. The molecular formula is C19H29N3O3. The molecule has 0 aromatic heterocycles. The number of piperidine rings is 1. The number of nitrogens with zero attached hydrogens (tertiary/aromatic N) is 2. The van der Waals surface area contributed by atoms with E-state index in [2.05, 4.69) is 15.2 Å². The number of guanidine groups is 1. The monoisotopic (exact) mass is 347 g/mol. The molecule has 0 spiro atoms. The first-order chi connectivity index (χ1) is 12.1. The van der Waals surface area contributed by atoms with Crippen molar-refractivity contribution >= 4 is 11.9 Å². The summed E-state index contributed by atoms with van der Waals surface area (Å²) in [4.78, 5) is 18.4. The lowest BCUT2D eigenvalue weighted by molar-refractivity contribution is -0.149. The average Bonchev–Trinajstić information content (AvgIpc) is 2.62. The Balaban J connectivity index is 1.78. The summed E-state index contributed by atoms with van der Waals surface area (Å²) in [5.74, 6) is 1.50. The molecule has 2 rings (SSSR count). The predicted octanol–water partition coefficient (Wildman–Crippen LogP) is 2.22. The highest BCUT2D eigenvalue weighted by atomic mass is 16.5. The largest absolute Gasteiger partial charge is 0.492 e. The first kappa shape index (κ1) is 19.1. The van der Waals surface area contributed by atoms with Crippen molar-refractivity contribution in [3.05, 3.63) is 29.8 Å². The van der Waals surface area contributed by atoms with Gasteiger partial charge in [-0.3, -0.25) is 9.79 Å². The Labute approximate surface area is 150 Å². The Hall–Kier alpha value is -2.24. The van der Waals surface area contributed by atoms with Crippen LogP contribution in [-0.2, 0) is 9.53 Å². The first-order valence-corrected chi connectivity index (χ1v) is 8.95. The van der Waals surface area contributed by atoms with Crippen LogP contribution in [0.25, 0.3) is 0 Å². The number of hydrogen-bond donors (Lipinski definition) is 1. The van der Waals surface area contributed by atoms with Gasteiger partial charge >= 0.3 is 5.97 Å². The quantitative estimate of drug-likeness (QED) is 0.370. The van der Waals surface area contributed by atoms with Crippen LogP contribution in [0.3, 0.4) is 0 Å². The van der Waals surface area contributed by atoms with Crippen molar-refractivity contribution in [3.63, 3.8) is 0 Å². The van der Waals surface area contributed by atoms with Crippen LogP contribution in [0.4, 0.5) is 0 Å². The van der Waals surface area contributed by atoms with E-state index >= 15 is 0 Å². The summed E-state index contributed by atoms with van der Waals surface area (Å²) < 4.78 is 10.9. The van der Waals surface area contributed by atoms with E-state index in [1.807, 2.05) is 38.1 Å². The van der Waals surface area contributed by atoms with Crippen LogP contribution in [0.1, 0.15) is 25.3 Å². The first-order valence-electron chi connectivity index (χ1n) is 8.95. The Morgan fingerprint density at radius 2 is 2.28 bits per heavy atom. The van der Waals surface area contributed by atoms with Crippen molar-refractivity contribution in [2.24, 2.45) is 10.9 Å². The predicted molar refractivity (Wildman–Crippen MR) is 99.0 cm³/mol. The smallest absolute Gasteiger partial charge is 0.310 e. The summed E-state index contributed by atoms with van der Waals surface area (Å²) in [6.07, 6.45) is 1.84.